The molecule has 2 aliphatic heterocycles. The fourth-order valence-electron chi connectivity index (χ4n) is 2.71. The molecule has 1 atom stereocenters. The number of nitrogens with zero attached hydrogens (tertiary/aromatic N) is 1. The quantitative estimate of drug-likeness (QED) is 0.725. The number of likely N-dealkylation sites (N-methyl/N-ethyl adjacent to an activating group) is 1. The van der Waals surface area contributed by atoms with Gasteiger partial charge in [0, 0.05) is 45.2 Å². The van der Waals surface area contributed by atoms with Crippen molar-refractivity contribution in [3.63, 3.8) is 0 Å². The Kier molecular flexibility index (Phi) is 4.19. The molecule has 0 aliphatic carbocycles. The van der Waals surface area contributed by atoms with Crippen LogP contribution < -0.4 is 5.32 Å². The lowest BCUT2D eigenvalue weighted by molar-refractivity contribution is -0.0821. The van der Waals surface area contributed by atoms with Crippen molar-refractivity contribution in [2.45, 2.75) is 37.3 Å². The summed E-state index contributed by atoms with van der Waals surface area (Å²) in [5.74, 6) is 0. The average molecular weight is 228 g/mol. The first-order valence-corrected chi connectivity index (χ1v) is 6.41. The molecule has 0 amide bonds. The van der Waals surface area contributed by atoms with Gasteiger partial charge in [-0.2, -0.15) is 0 Å². The van der Waals surface area contributed by atoms with Gasteiger partial charge in [0.1, 0.15) is 0 Å². The highest BCUT2D eigenvalue weighted by Gasteiger charge is 2.32. The highest BCUT2D eigenvalue weighted by molar-refractivity contribution is 4.87. The smallest absolute Gasteiger partial charge is 0.0817 e. The van der Waals surface area contributed by atoms with E-state index in [9.17, 15) is 5.11 Å². The molecule has 2 heterocycles. The van der Waals surface area contributed by atoms with Gasteiger partial charge in [-0.15, -0.1) is 0 Å². The maximum atomic E-state index is 10.4. The second-order valence-electron chi connectivity index (χ2n) is 5.25. The number of nitrogens with one attached hydrogen (secondary N) is 1. The predicted octanol–water partition coefficient (Wildman–Crippen LogP) is 0.212. The lowest BCUT2D eigenvalue weighted by Gasteiger charge is -2.39. The first-order valence-electron chi connectivity index (χ1n) is 6.41. The van der Waals surface area contributed by atoms with Crippen LogP contribution in [0.5, 0.6) is 0 Å². The van der Waals surface area contributed by atoms with Gasteiger partial charge in [0.25, 0.3) is 0 Å². The number of aliphatic hydroxyl groups is 1. The molecule has 0 bridgehead atoms. The number of ether oxygens (including phenoxy) is 1. The van der Waals surface area contributed by atoms with E-state index in [0.717, 1.165) is 32.5 Å². The molecule has 94 valence electrons. The molecular formula is C12H24N2O2. The Morgan fingerprint density at radius 2 is 2.19 bits per heavy atom. The van der Waals surface area contributed by atoms with E-state index in [2.05, 4.69) is 17.3 Å². The standard InChI is InChI=1S/C12H24N2O2/c1-14(11-3-2-6-13-9-11)10-12(15)4-7-16-8-5-12/h11,13,15H,2-10H2,1H3. The maximum Gasteiger partial charge on any atom is 0.0817 e. The van der Waals surface area contributed by atoms with Crippen LogP contribution in [0.2, 0.25) is 0 Å². The predicted molar refractivity (Wildman–Crippen MR) is 63.5 cm³/mol. The number of hydrogen-bond donors (Lipinski definition) is 2. The minimum absolute atomic E-state index is 0.523. The van der Waals surface area contributed by atoms with Crippen molar-refractivity contribution in [1.29, 1.82) is 0 Å². The van der Waals surface area contributed by atoms with E-state index >= 15 is 0 Å². The summed E-state index contributed by atoms with van der Waals surface area (Å²) < 4.78 is 5.30. The summed E-state index contributed by atoms with van der Waals surface area (Å²) in [7, 11) is 2.13. The summed E-state index contributed by atoms with van der Waals surface area (Å²) in [6.45, 7) is 4.38. The van der Waals surface area contributed by atoms with Crippen molar-refractivity contribution in [2.75, 3.05) is 39.9 Å². The molecule has 16 heavy (non-hydrogen) atoms. The molecule has 0 spiro atoms. The van der Waals surface area contributed by atoms with Crippen LogP contribution in [0.25, 0.3) is 0 Å². The first kappa shape index (κ1) is 12.3. The topological polar surface area (TPSA) is 44.7 Å². The fourth-order valence-corrected chi connectivity index (χ4v) is 2.71. The highest BCUT2D eigenvalue weighted by atomic mass is 16.5. The van der Waals surface area contributed by atoms with Crippen molar-refractivity contribution in [3.05, 3.63) is 0 Å². The third kappa shape index (κ3) is 3.17. The Balaban J connectivity index is 1.82. The molecule has 2 aliphatic rings. The first-order chi connectivity index (χ1) is 7.70. The normalized spacial score (nSPS) is 30.6. The molecular weight excluding hydrogens is 204 g/mol. The third-order valence-corrected chi connectivity index (χ3v) is 3.86. The summed E-state index contributed by atoms with van der Waals surface area (Å²) in [5.41, 5.74) is -0.523. The van der Waals surface area contributed by atoms with Crippen LogP contribution in [0.15, 0.2) is 0 Å². The van der Waals surface area contributed by atoms with Crippen molar-refractivity contribution in [2.24, 2.45) is 0 Å². The van der Waals surface area contributed by atoms with Crippen molar-refractivity contribution >= 4 is 0 Å². The highest BCUT2D eigenvalue weighted by Crippen LogP contribution is 2.22. The largest absolute Gasteiger partial charge is 0.388 e. The number of hydrogen-bond acceptors (Lipinski definition) is 4. The second kappa shape index (κ2) is 5.45. The van der Waals surface area contributed by atoms with Gasteiger partial charge in [-0.1, -0.05) is 0 Å². The Labute approximate surface area is 98.0 Å². The van der Waals surface area contributed by atoms with Crippen LogP contribution >= 0.6 is 0 Å². The third-order valence-electron chi connectivity index (χ3n) is 3.86. The van der Waals surface area contributed by atoms with Gasteiger partial charge in [0.2, 0.25) is 0 Å². The van der Waals surface area contributed by atoms with E-state index in [0.29, 0.717) is 19.3 Å². The minimum atomic E-state index is -0.523. The average Bonchev–Trinajstić information content (AvgIpc) is 2.30. The lowest BCUT2D eigenvalue weighted by Crippen LogP contribution is -2.52. The van der Waals surface area contributed by atoms with E-state index in [1.807, 2.05) is 0 Å². The summed E-state index contributed by atoms with van der Waals surface area (Å²) in [6.07, 6.45) is 4.04. The van der Waals surface area contributed by atoms with Crippen LogP contribution in [0.3, 0.4) is 0 Å². The van der Waals surface area contributed by atoms with Gasteiger partial charge in [-0.25, -0.2) is 0 Å². The molecule has 4 nitrogen and oxygen atoms in total. The maximum absolute atomic E-state index is 10.4. The monoisotopic (exact) mass is 228 g/mol. The molecule has 2 saturated heterocycles. The summed E-state index contributed by atoms with van der Waals surface area (Å²) >= 11 is 0. The molecule has 2 fully saturated rings. The zero-order chi connectivity index (χ0) is 11.4. The van der Waals surface area contributed by atoms with E-state index in [4.69, 9.17) is 4.74 Å². The van der Waals surface area contributed by atoms with E-state index in [-0.39, 0.29) is 0 Å². The molecule has 0 saturated carbocycles. The van der Waals surface area contributed by atoms with Gasteiger partial charge in [0.15, 0.2) is 0 Å². The molecule has 0 aromatic rings. The van der Waals surface area contributed by atoms with Gasteiger partial charge in [-0.3, -0.25) is 4.90 Å². The molecule has 0 radical (unpaired) electrons. The zero-order valence-corrected chi connectivity index (χ0v) is 10.2. The van der Waals surface area contributed by atoms with Crippen LogP contribution in [0.1, 0.15) is 25.7 Å². The van der Waals surface area contributed by atoms with Crippen LogP contribution in [0.4, 0.5) is 0 Å². The fraction of sp³-hybridized carbons (Fsp3) is 1.00. The van der Waals surface area contributed by atoms with E-state index in [1.165, 1.54) is 12.8 Å². The summed E-state index contributed by atoms with van der Waals surface area (Å²) in [6, 6.07) is 0.584. The summed E-state index contributed by atoms with van der Waals surface area (Å²) in [5, 5.41) is 13.8. The van der Waals surface area contributed by atoms with E-state index in [1.54, 1.807) is 0 Å². The van der Waals surface area contributed by atoms with Gasteiger partial charge in [0.05, 0.1) is 5.60 Å². The molecule has 2 N–H and O–H groups in total. The zero-order valence-electron chi connectivity index (χ0n) is 10.2. The van der Waals surface area contributed by atoms with Crippen molar-refractivity contribution in [3.8, 4) is 0 Å². The molecule has 4 heteroatoms. The van der Waals surface area contributed by atoms with Crippen LogP contribution in [-0.2, 0) is 4.74 Å². The minimum Gasteiger partial charge on any atom is -0.388 e. The van der Waals surface area contributed by atoms with Crippen molar-refractivity contribution < 1.29 is 9.84 Å². The van der Waals surface area contributed by atoms with Gasteiger partial charge in [-0.05, 0) is 26.4 Å². The van der Waals surface area contributed by atoms with Crippen LogP contribution in [-0.4, -0.2) is 61.5 Å². The van der Waals surface area contributed by atoms with Gasteiger partial charge < -0.3 is 15.2 Å². The Hall–Kier alpha value is -0.160. The molecule has 1 unspecified atom stereocenters. The van der Waals surface area contributed by atoms with E-state index < -0.39 is 5.60 Å². The summed E-state index contributed by atoms with van der Waals surface area (Å²) in [4.78, 5) is 2.32. The van der Waals surface area contributed by atoms with Crippen LogP contribution in [0, 0.1) is 0 Å². The van der Waals surface area contributed by atoms with Crippen molar-refractivity contribution in [1.82, 2.24) is 10.2 Å². The number of piperidine rings is 1. The van der Waals surface area contributed by atoms with Gasteiger partial charge >= 0.3 is 0 Å². The molecule has 0 aromatic carbocycles. The second-order valence-corrected chi connectivity index (χ2v) is 5.25. The molecule has 0 aromatic heterocycles. The number of rotatable bonds is 3. The SMILES string of the molecule is CN(CC1(O)CCOCC1)C1CCCNC1. The lowest BCUT2D eigenvalue weighted by atomic mass is 9.93. The Morgan fingerprint density at radius 3 is 2.81 bits per heavy atom. The molecule has 2 rings (SSSR count). The Bertz CT molecular complexity index is 211. The Morgan fingerprint density at radius 1 is 1.44 bits per heavy atom.